The largest absolute Gasteiger partial charge is 0.497 e. The maximum atomic E-state index is 11.9. The molecule has 0 fully saturated rings. The Labute approximate surface area is 128 Å². The molecule has 2 rings (SSSR count). The maximum Gasteiger partial charge on any atom is 0.321 e. The zero-order chi connectivity index (χ0) is 15.9. The summed E-state index contributed by atoms with van der Waals surface area (Å²) in [7, 11) is 1.58. The normalized spacial score (nSPS) is 9.86. The Kier molecular flexibility index (Phi) is 4.98. The highest BCUT2D eigenvalue weighted by molar-refractivity contribution is 6.07. The van der Waals surface area contributed by atoms with Crippen LogP contribution >= 0.6 is 0 Å². The fraction of sp³-hybridized carbons (Fsp3) is 0.125. The Hall–Kier alpha value is -3.02. The number of nitrogens with one attached hydrogen (secondary N) is 2. The number of carbonyl (C=O) groups excluding carboxylic acids is 2. The van der Waals surface area contributed by atoms with Crippen molar-refractivity contribution in [2.75, 3.05) is 12.8 Å². The molecular formula is C16H17N3O3. The van der Waals surface area contributed by atoms with Gasteiger partial charge in [-0.1, -0.05) is 24.3 Å². The summed E-state index contributed by atoms with van der Waals surface area (Å²) in [5, 5.41) is 4.84. The van der Waals surface area contributed by atoms with E-state index in [1.54, 1.807) is 43.5 Å². The van der Waals surface area contributed by atoms with Gasteiger partial charge in [0.2, 0.25) is 0 Å². The van der Waals surface area contributed by atoms with Gasteiger partial charge in [-0.3, -0.25) is 10.1 Å². The number of hydrogen-bond acceptors (Lipinski definition) is 4. The molecule has 0 radical (unpaired) electrons. The molecule has 0 unspecified atom stereocenters. The molecule has 0 spiro atoms. The average molecular weight is 299 g/mol. The number of amides is 3. The van der Waals surface area contributed by atoms with Crippen molar-refractivity contribution >= 4 is 17.6 Å². The summed E-state index contributed by atoms with van der Waals surface area (Å²) in [6, 6.07) is 13.2. The summed E-state index contributed by atoms with van der Waals surface area (Å²) in [4.78, 5) is 23.6. The van der Waals surface area contributed by atoms with Crippen molar-refractivity contribution in [2.24, 2.45) is 0 Å². The minimum Gasteiger partial charge on any atom is -0.497 e. The highest BCUT2D eigenvalue weighted by Gasteiger charge is 2.12. The van der Waals surface area contributed by atoms with Crippen LogP contribution < -0.4 is 21.1 Å². The van der Waals surface area contributed by atoms with Crippen molar-refractivity contribution in [3.8, 4) is 5.75 Å². The molecule has 0 aromatic heterocycles. The number of urea groups is 1. The van der Waals surface area contributed by atoms with Crippen LogP contribution in [0.4, 0.5) is 10.5 Å². The Morgan fingerprint density at radius 2 is 1.77 bits per heavy atom. The Balaban J connectivity index is 1.87. The lowest BCUT2D eigenvalue weighted by atomic mass is 10.2. The number of methoxy groups -OCH3 is 1. The van der Waals surface area contributed by atoms with E-state index in [0.29, 0.717) is 12.2 Å². The van der Waals surface area contributed by atoms with E-state index in [2.05, 4.69) is 10.6 Å². The number of rotatable bonds is 4. The molecule has 6 nitrogen and oxygen atoms in total. The molecule has 0 heterocycles. The highest BCUT2D eigenvalue weighted by atomic mass is 16.5. The topological polar surface area (TPSA) is 93.5 Å². The zero-order valence-corrected chi connectivity index (χ0v) is 12.1. The van der Waals surface area contributed by atoms with E-state index in [-0.39, 0.29) is 5.56 Å². The van der Waals surface area contributed by atoms with Gasteiger partial charge >= 0.3 is 6.03 Å². The van der Waals surface area contributed by atoms with Gasteiger partial charge in [-0.15, -0.1) is 0 Å². The van der Waals surface area contributed by atoms with Crippen molar-refractivity contribution in [3.05, 3.63) is 59.7 Å². The molecule has 6 heteroatoms. The summed E-state index contributed by atoms with van der Waals surface area (Å²) < 4.78 is 5.05. The van der Waals surface area contributed by atoms with Gasteiger partial charge in [-0.05, 0) is 29.8 Å². The van der Waals surface area contributed by atoms with Gasteiger partial charge in [0.1, 0.15) is 5.75 Å². The number of anilines is 1. The number of hydrogen-bond donors (Lipinski definition) is 3. The maximum absolute atomic E-state index is 11.9. The predicted molar refractivity (Wildman–Crippen MR) is 83.6 cm³/mol. The van der Waals surface area contributed by atoms with Crippen LogP contribution in [0.25, 0.3) is 0 Å². The van der Waals surface area contributed by atoms with Crippen LogP contribution in [0, 0.1) is 0 Å². The van der Waals surface area contributed by atoms with Crippen molar-refractivity contribution in [1.82, 2.24) is 10.6 Å². The molecule has 114 valence electrons. The molecule has 0 aliphatic rings. The lowest BCUT2D eigenvalue weighted by Crippen LogP contribution is -2.39. The number of benzene rings is 2. The summed E-state index contributed by atoms with van der Waals surface area (Å²) >= 11 is 0. The minimum atomic E-state index is -0.580. The van der Waals surface area contributed by atoms with Crippen molar-refractivity contribution in [1.29, 1.82) is 0 Å². The van der Waals surface area contributed by atoms with Crippen LogP contribution in [-0.2, 0) is 6.54 Å². The van der Waals surface area contributed by atoms with Crippen molar-refractivity contribution in [3.63, 3.8) is 0 Å². The molecule has 22 heavy (non-hydrogen) atoms. The summed E-state index contributed by atoms with van der Waals surface area (Å²) in [6.45, 7) is 0.299. The van der Waals surface area contributed by atoms with Gasteiger partial charge < -0.3 is 15.8 Å². The first-order valence-corrected chi connectivity index (χ1v) is 6.67. The van der Waals surface area contributed by atoms with Crippen LogP contribution in [0.2, 0.25) is 0 Å². The van der Waals surface area contributed by atoms with E-state index in [0.717, 1.165) is 11.3 Å². The molecule has 0 atom stereocenters. The average Bonchev–Trinajstić information content (AvgIpc) is 2.53. The van der Waals surface area contributed by atoms with Gasteiger partial charge in [0.25, 0.3) is 5.91 Å². The van der Waals surface area contributed by atoms with Gasteiger partial charge in [0, 0.05) is 12.2 Å². The first-order chi connectivity index (χ1) is 10.6. The molecular weight excluding hydrogens is 282 g/mol. The molecule has 0 saturated carbocycles. The first-order valence-electron chi connectivity index (χ1n) is 6.67. The van der Waals surface area contributed by atoms with E-state index in [4.69, 9.17) is 10.5 Å². The Morgan fingerprint density at radius 1 is 1.09 bits per heavy atom. The van der Waals surface area contributed by atoms with Crippen molar-refractivity contribution < 1.29 is 14.3 Å². The number of carbonyl (C=O) groups is 2. The second-order valence-electron chi connectivity index (χ2n) is 4.57. The molecule has 0 aliphatic carbocycles. The molecule has 2 aromatic rings. The van der Waals surface area contributed by atoms with Crippen LogP contribution in [0.5, 0.6) is 5.75 Å². The number of nitrogens with two attached hydrogens (primary N) is 1. The van der Waals surface area contributed by atoms with E-state index >= 15 is 0 Å². The molecule has 0 aliphatic heterocycles. The fourth-order valence-corrected chi connectivity index (χ4v) is 1.84. The zero-order valence-electron chi connectivity index (χ0n) is 12.1. The number of para-hydroxylation sites is 1. The summed E-state index contributed by atoms with van der Waals surface area (Å²) in [5.74, 6) is 0.202. The van der Waals surface area contributed by atoms with Gasteiger partial charge in [-0.25, -0.2) is 4.79 Å². The Morgan fingerprint density at radius 3 is 2.41 bits per heavy atom. The Bertz CT molecular complexity index is 669. The second kappa shape index (κ2) is 7.12. The van der Waals surface area contributed by atoms with E-state index in [1.165, 1.54) is 0 Å². The van der Waals surface area contributed by atoms with E-state index in [1.807, 2.05) is 12.1 Å². The smallest absolute Gasteiger partial charge is 0.321 e. The monoisotopic (exact) mass is 299 g/mol. The number of imide groups is 1. The van der Waals surface area contributed by atoms with Crippen LogP contribution in [0.3, 0.4) is 0 Å². The minimum absolute atomic E-state index is 0.266. The molecule has 4 N–H and O–H groups in total. The summed E-state index contributed by atoms with van der Waals surface area (Å²) in [5.41, 5.74) is 7.16. The van der Waals surface area contributed by atoms with Crippen LogP contribution in [0.15, 0.2) is 48.5 Å². The van der Waals surface area contributed by atoms with Crippen molar-refractivity contribution in [2.45, 2.75) is 6.54 Å². The standard InChI is InChI=1S/C16H17N3O3/c1-22-12-8-6-11(7-9-12)10-18-16(21)19-15(20)13-4-2-3-5-14(13)17/h2-9H,10,17H2,1H3,(H2,18,19,20,21). The molecule has 0 saturated heterocycles. The van der Waals surface area contributed by atoms with Gasteiger partial charge in [0.15, 0.2) is 0 Å². The molecule has 0 bridgehead atoms. The molecule has 3 amide bonds. The number of ether oxygens (including phenoxy) is 1. The third-order valence-corrected chi connectivity index (χ3v) is 3.04. The van der Waals surface area contributed by atoms with Crippen LogP contribution in [-0.4, -0.2) is 19.0 Å². The SMILES string of the molecule is COc1ccc(CNC(=O)NC(=O)c2ccccc2N)cc1. The second-order valence-corrected chi connectivity index (χ2v) is 4.57. The summed E-state index contributed by atoms with van der Waals surface area (Å²) in [6.07, 6.45) is 0. The van der Waals surface area contributed by atoms with Gasteiger partial charge in [-0.2, -0.15) is 0 Å². The van der Waals surface area contributed by atoms with E-state index < -0.39 is 11.9 Å². The lowest BCUT2D eigenvalue weighted by molar-refractivity contribution is 0.0965. The van der Waals surface area contributed by atoms with Gasteiger partial charge in [0.05, 0.1) is 12.7 Å². The predicted octanol–water partition coefficient (Wildman–Crippen LogP) is 1.92. The highest BCUT2D eigenvalue weighted by Crippen LogP contribution is 2.11. The van der Waals surface area contributed by atoms with E-state index in [9.17, 15) is 9.59 Å². The first kappa shape index (κ1) is 15.4. The quantitative estimate of drug-likeness (QED) is 0.752. The molecule has 2 aromatic carbocycles. The third-order valence-electron chi connectivity index (χ3n) is 3.04. The number of nitrogen functional groups attached to an aromatic ring is 1. The fourth-order valence-electron chi connectivity index (χ4n) is 1.84. The lowest BCUT2D eigenvalue weighted by Gasteiger charge is -2.08. The van der Waals surface area contributed by atoms with Crippen LogP contribution in [0.1, 0.15) is 15.9 Å². The third kappa shape index (κ3) is 3.99.